The van der Waals surface area contributed by atoms with Crippen LogP contribution in [0.1, 0.15) is 100 Å². The third-order valence-corrected chi connectivity index (χ3v) is 9.70. The number of carboxylic acids is 3. The van der Waals surface area contributed by atoms with E-state index in [0.29, 0.717) is 25.8 Å². The molecule has 3 rings (SSSR count). The number of aromatic nitrogens is 2. The fourth-order valence-corrected chi connectivity index (χ4v) is 6.15. The second kappa shape index (κ2) is 26.9. The van der Waals surface area contributed by atoms with Crippen LogP contribution in [0, 0.1) is 12.8 Å². The van der Waals surface area contributed by atoms with Crippen molar-refractivity contribution in [3.63, 3.8) is 0 Å². The molecule has 22 heteroatoms. The molecule has 344 valence electrons. The molecule has 1 fully saturated rings. The van der Waals surface area contributed by atoms with E-state index in [1.54, 1.807) is 13.1 Å². The van der Waals surface area contributed by atoms with E-state index in [2.05, 4.69) is 25.5 Å². The van der Waals surface area contributed by atoms with Crippen molar-refractivity contribution in [1.29, 1.82) is 0 Å². The van der Waals surface area contributed by atoms with E-state index in [0.717, 1.165) is 69.3 Å². The number of carboxylic acid groups (broad SMARTS) is 3. The van der Waals surface area contributed by atoms with Gasteiger partial charge in [0.05, 0.1) is 12.5 Å². The Bertz CT molecular complexity index is 1660. The first kappa shape index (κ1) is 53.8. The molecule has 9 N–H and O–H groups in total. The first-order valence-electron chi connectivity index (χ1n) is 19.6. The van der Waals surface area contributed by atoms with E-state index in [4.69, 9.17) is 25.5 Å². The summed E-state index contributed by atoms with van der Waals surface area (Å²) in [5.41, 5.74) is 7.56. The highest BCUT2D eigenvalue weighted by atomic mass is 19.4. The number of rotatable bonds is 20. The number of aliphatic hydroxyl groups excluding tert-OH is 1. The van der Waals surface area contributed by atoms with E-state index >= 15 is 0 Å². The Labute approximate surface area is 348 Å². The molecule has 0 saturated heterocycles. The van der Waals surface area contributed by atoms with E-state index in [1.807, 2.05) is 37.4 Å². The number of amides is 3. The van der Waals surface area contributed by atoms with Crippen LogP contribution in [-0.2, 0) is 41.7 Å². The molecule has 1 aliphatic rings. The minimum atomic E-state index is -5.08. The zero-order valence-electron chi connectivity index (χ0n) is 33.9. The van der Waals surface area contributed by atoms with Gasteiger partial charge in [0.25, 0.3) is 0 Å². The largest absolute Gasteiger partial charge is 0.490 e. The topological polar surface area (TPSA) is 263 Å². The number of nitrogens with one attached hydrogen (secondary N) is 3. The van der Waals surface area contributed by atoms with Crippen LogP contribution in [0.4, 0.5) is 26.3 Å². The molecule has 1 aliphatic carbocycles. The van der Waals surface area contributed by atoms with Gasteiger partial charge in [0, 0.05) is 18.9 Å². The number of unbranched alkanes of at least 4 members (excludes halogenated alkanes) is 2. The summed E-state index contributed by atoms with van der Waals surface area (Å²) in [4.78, 5) is 73.6. The quantitative estimate of drug-likeness (QED) is 0.0687. The number of carbonyl (C=O) groups is 6. The standard InChI is InChI=1S/C35H54N6O6.2C2HF3O2/c1-24(28-16-14-26(15-17-28)10-7-9-20-41-21-19-37-25(41)2)32(43)40-31(23-42)34(45)38-29(13-6-8-18-36)33(44)39-30(35(46)47)22-27-11-4-3-5-12-27;2*3-2(4,5)1(6)7/h14-17,19,21,24,27,29-31,42H,3-13,18,20,22-23,36H2,1-2H3,(H,38,45)(H,39,44)(H,40,43)(H,46,47);2*(H,6,7)/t24?,29-,30-,31-;;/m0../s1. The number of hydrogen-bond acceptors (Lipinski definition) is 9. The number of aliphatic carboxylic acids is 3. The van der Waals surface area contributed by atoms with Crippen molar-refractivity contribution in [1.82, 2.24) is 25.5 Å². The maximum atomic E-state index is 13.3. The van der Waals surface area contributed by atoms with Gasteiger partial charge in [0.2, 0.25) is 17.7 Å². The Hall–Kier alpha value is -5.25. The number of alkyl halides is 6. The second-order valence-electron chi connectivity index (χ2n) is 14.4. The predicted molar refractivity (Wildman–Crippen MR) is 207 cm³/mol. The molecule has 4 atom stereocenters. The molecule has 1 aromatic carbocycles. The van der Waals surface area contributed by atoms with Crippen molar-refractivity contribution in [3.05, 3.63) is 53.6 Å². The average Bonchev–Trinajstić information content (AvgIpc) is 3.61. The fourth-order valence-electron chi connectivity index (χ4n) is 6.15. The lowest BCUT2D eigenvalue weighted by Crippen LogP contribution is -2.57. The molecule has 0 aliphatic heterocycles. The van der Waals surface area contributed by atoms with Crippen LogP contribution in [-0.4, -0.2) is 109 Å². The zero-order valence-corrected chi connectivity index (χ0v) is 33.9. The zero-order chi connectivity index (χ0) is 46.3. The highest BCUT2D eigenvalue weighted by Gasteiger charge is 2.39. The minimum Gasteiger partial charge on any atom is -0.480 e. The van der Waals surface area contributed by atoms with Crippen LogP contribution in [0.25, 0.3) is 0 Å². The molecule has 1 heterocycles. The van der Waals surface area contributed by atoms with Crippen LogP contribution in [0.5, 0.6) is 0 Å². The molecule has 0 radical (unpaired) electrons. The lowest BCUT2D eigenvalue weighted by Gasteiger charge is -2.27. The van der Waals surface area contributed by atoms with E-state index in [9.17, 15) is 55.7 Å². The van der Waals surface area contributed by atoms with Gasteiger partial charge in [-0.2, -0.15) is 26.3 Å². The first-order chi connectivity index (χ1) is 28.5. The summed E-state index contributed by atoms with van der Waals surface area (Å²) in [7, 11) is 0. The van der Waals surface area contributed by atoms with Crippen molar-refractivity contribution in [3.8, 4) is 0 Å². The molecule has 0 spiro atoms. The van der Waals surface area contributed by atoms with Gasteiger partial charge < -0.3 is 46.7 Å². The highest BCUT2D eigenvalue weighted by molar-refractivity contribution is 5.94. The molecule has 1 unspecified atom stereocenters. The maximum absolute atomic E-state index is 13.3. The summed E-state index contributed by atoms with van der Waals surface area (Å²) in [6.07, 6.45) is 3.41. The normalized spacial score (nSPS) is 15.0. The summed E-state index contributed by atoms with van der Waals surface area (Å²) >= 11 is 0. The van der Waals surface area contributed by atoms with Crippen molar-refractivity contribution in [2.45, 2.75) is 134 Å². The average molecular weight is 883 g/mol. The number of aliphatic hydroxyl groups is 1. The number of carbonyl (C=O) groups excluding carboxylic acids is 3. The van der Waals surface area contributed by atoms with Crippen molar-refractivity contribution < 1.29 is 75.5 Å². The van der Waals surface area contributed by atoms with Crippen molar-refractivity contribution in [2.75, 3.05) is 13.2 Å². The van der Waals surface area contributed by atoms with E-state index in [-0.39, 0.29) is 12.3 Å². The van der Waals surface area contributed by atoms with Gasteiger partial charge in [0.1, 0.15) is 23.9 Å². The molecule has 0 bridgehead atoms. The second-order valence-corrected chi connectivity index (χ2v) is 14.4. The molecule has 2 aromatic rings. The van der Waals surface area contributed by atoms with Gasteiger partial charge in [-0.1, -0.05) is 56.4 Å². The lowest BCUT2D eigenvalue weighted by atomic mass is 9.84. The van der Waals surface area contributed by atoms with Crippen molar-refractivity contribution >= 4 is 35.6 Å². The Morgan fingerprint density at radius 3 is 1.79 bits per heavy atom. The summed E-state index contributed by atoms with van der Waals surface area (Å²) in [6.45, 7) is 4.37. The number of imidazole rings is 1. The Morgan fingerprint density at radius 1 is 0.787 bits per heavy atom. The number of halogens is 6. The van der Waals surface area contributed by atoms with E-state index in [1.165, 1.54) is 5.56 Å². The van der Waals surface area contributed by atoms with Gasteiger partial charge in [-0.3, -0.25) is 14.4 Å². The number of benzene rings is 1. The Kier molecular flexibility index (Phi) is 23.7. The molecule has 3 amide bonds. The van der Waals surface area contributed by atoms with Crippen molar-refractivity contribution in [2.24, 2.45) is 11.7 Å². The Balaban J connectivity index is 0.00000114. The summed E-state index contributed by atoms with van der Waals surface area (Å²) in [5, 5.41) is 41.9. The van der Waals surface area contributed by atoms with Gasteiger partial charge in [-0.15, -0.1) is 0 Å². The molecule has 16 nitrogen and oxygen atoms in total. The monoisotopic (exact) mass is 882 g/mol. The summed E-state index contributed by atoms with van der Waals surface area (Å²) in [6, 6.07) is 4.41. The molecule has 1 saturated carbocycles. The highest BCUT2D eigenvalue weighted by Crippen LogP contribution is 2.27. The van der Waals surface area contributed by atoms with Crippen LogP contribution >= 0.6 is 0 Å². The Morgan fingerprint density at radius 2 is 1.31 bits per heavy atom. The predicted octanol–water partition coefficient (Wildman–Crippen LogP) is 4.22. The van der Waals surface area contributed by atoms with Crippen LogP contribution < -0.4 is 21.7 Å². The third kappa shape index (κ3) is 21.2. The molecule has 61 heavy (non-hydrogen) atoms. The van der Waals surface area contributed by atoms with E-state index < -0.39 is 78.6 Å². The number of hydrogen-bond donors (Lipinski definition) is 8. The van der Waals surface area contributed by atoms with Gasteiger partial charge in [-0.05, 0) is 82.4 Å². The van der Waals surface area contributed by atoms with Gasteiger partial charge in [-0.25, -0.2) is 19.4 Å². The van der Waals surface area contributed by atoms with Crippen LogP contribution in [0.3, 0.4) is 0 Å². The third-order valence-electron chi connectivity index (χ3n) is 9.70. The minimum absolute atomic E-state index is 0.227. The smallest absolute Gasteiger partial charge is 0.480 e. The van der Waals surface area contributed by atoms with Crippen LogP contribution in [0.15, 0.2) is 36.7 Å². The molecular formula is C39H56F6N6O10. The number of nitrogens with zero attached hydrogens (tertiary/aromatic N) is 2. The lowest BCUT2D eigenvalue weighted by molar-refractivity contribution is -0.193. The summed E-state index contributed by atoms with van der Waals surface area (Å²) in [5.74, 6) is -7.75. The molecular weight excluding hydrogens is 826 g/mol. The maximum Gasteiger partial charge on any atom is 0.490 e. The SMILES string of the molecule is Cc1nccn1CCCCc1ccc(C(C)C(=O)N[C@@H](CO)C(=O)N[C@@H](CCCCN)C(=O)N[C@@H](CC2CCCCC2)C(=O)O)cc1.O=C(O)C(F)(F)F.O=C(O)C(F)(F)F. The van der Waals surface area contributed by atoms with Gasteiger partial charge >= 0.3 is 30.3 Å². The summed E-state index contributed by atoms with van der Waals surface area (Å²) < 4.78 is 65.6. The number of aryl methyl sites for hydroxylation is 3. The number of nitrogens with two attached hydrogens (primary N) is 1. The first-order valence-corrected chi connectivity index (χ1v) is 19.6. The molecule has 1 aromatic heterocycles. The fraction of sp³-hybridized carbons (Fsp3) is 0.615. The van der Waals surface area contributed by atoms with Gasteiger partial charge in [0.15, 0.2) is 0 Å². The van der Waals surface area contributed by atoms with Crippen LogP contribution in [0.2, 0.25) is 0 Å².